The Labute approximate surface area is 285 Å². The largest absolute Gasteiger partial charge is 0.418 e. The molecule has 49 heavy (non-hydrogen) atoms. The first-order chi connectivity index (χ1) is 23.5. The molecule has 3 aliphatic rings. The highest BCUT2D eigenvalue weighted by Crippen LogP contribution is 2.41. The first-order valence-electron chi connectivity index (χ1n) is 17.6. The number of imidazole rings is 1. The van der Waals surface area contributed by atoms with Crippen LogP contribution in [0.1, 0.15) is 75.5 Å². The van der Waals surface area contributed by atoms with Gasteiger partial charge in [0.1, 0.15) is 12.3 Å². The fraction of sp³-hybridized carbons (Fsp3) is 0.639. The van der Waals surface area contributed by atoms with Gasteiger partial charge in [-0.15, -0.1) is 0 Å². The molecule has 0 spiro atoms. The van der Waals surface area contributed by atoms with E-state index in [1.807, 2.05) is 18.0 Å². The summed E-state index contributed by atoms with van der Waals surface area (Å²) in [6, 6.07) is 8.49. The number of halogens is 4. The summed E-state index contributed by atoms with van der Waals surface area (Å²) in [7, 11) is 3.53. The summed E-state index contributed by atoms with van der Waals surface area (Å²) >= 11 is 0. The summed E-state index contributed by atoms with van der Waals surface area (Å²) < 4.78 is 73.4. The number of unbranched alkanes of at least 4 members (excludes halogenated alkanes) is 2. The van der Waals surface area contributed by atoms with Gasteiger partial charge in [-0.25, -0.2) is 19.6 Å². The lowest BCUT2D eigenvalue weighted by atomic mass is 9.73. The number of hydrogen-bond donors (Lipinski definition) is 1. The maximum absolute atomic E-state index is 16.8. The van der Waals surface area contributed by atoms with Crippen molar-refractivity contribution in [3.63, 3.8) is 0 Å². The fourth-order valence-electron chi connectivity index (χ4n) is 7.90. The van der Waals surface area contributed by atoms with Crippen LogP contribution in [-0.4, -0.2) is 95.4 Å². The molecule has 0 aliphatic carbocycles. The Morgan fingerprint density at radius 2 is 1.94 bits per heavy atom. The van der Waals surface area contributed by atoms with Crippen molar-refractivity contribution in [1.29, 1.82) is 0 Å². The zero-order valence-corrected chi connectivity index (χ0v) is 29.0. The summed E-state index contributed by atoms with van der Waals surface area (Å²) in [6.07, 6.45) is 3.41. The molecule has 0 saturated carbocycles. The Hall–Kier alpha value is -2.81. The molecule has 2 unspecified atom stereocenters. The minimum atomic E-state index is -4.67. The van der Waals surface area contributed by atoms with Crippen molar-refractivity contribution in [2.24, 2.45) is 0 Å². The SMILES string of the molecule is CCCCCC(CC)N1CN(C)C([C@@H](F)C2(c3cccc(-n4cc5c(C(F)(F)F)cc(CN6CCC[C@@H]6COC)cn5c4=O)c3)COC2)N1. The van der Waals surface area contributed by atoms with Gasteiger partial charge in [0.15, 0.2) is 0 Å². The van der Waals surface area contributed by atoms with E-state index >= 15 is 4.39 Å². The van der Waals surface area contributed by atoms with Crippen molar-refractivity contribution in [1.82, 2.24) is 29.2 Å². The Morgan fingerprint density at radius 3 is 2.61 bits per heavy atom. The Balaban J connectivity index is 1.30. The van der Waals surface area contributed by atoms with Crippen molar-refractivity contribution < 1.29 is 27.0 Å². The lowest BCUT2D eigenvalue weighted by Gasteiger charge is -2.46. The second-order valence-electron chi connectivity index (χ2n) is 14.1. The van der Waals surface area contributed by atoms with Crippen LogP contribution >= 0.6 is 0 Å². The van der Waals surface area contributed by atoms with Crippen LogP contribution < -0.4 is 11.1 Å². The number of nitrogens with zero attached hydrogens (tertiary/aromatic N) is 5. The predicted molar refractivity (Wildman–Crippen MR) is 180 cm³/mol. The molecular formula is C36H50F4N6O3. The lowest BCUT2D eigenvalue weighted by Crippen LogP contribution is -2.62. The fourth-order valence-corrected chi connectivity index (χ4v) is 7.90. The van der Waals surface area contributed by atoms with Gasteiger partial charge in [-0.2, -0.15) is 13.2 Å². The van der Waals surface area contributed by atoms with Crippen molar-refractivity contribution >= 4 is 5.52 Å². The number of likely N-dealkylation sites (tertiary alicyclic amines) is 1. The lowest BCUT2D eigenvalue weighted by molar-refractivity contribution is -0.136. The molecule has 13 heteroatoms. The van der Waals surface area contributed by atoms with E-state index in [4.69, 9.17) is 9.47 Å². The molecule has 0 amide bonds. The maximum atomic E-state index is 16.8. The average molecular weight is 691 g/mol. The van der Waals surface area contributed by atoms with Crippen LogP contribution in [0.4, 0.5) is 17.6 Å². The summed E-state index contributed by atoms with van der Waals surface area (Å²) in [6.45, 7) is 6.77. The minimum Gasteiger partial charge on any atom is -0.383 e. The average Bonchev–Trinajstić information content (AvgIpc) is 3.75. The van der Waals surface area contributed by atoms with E-state index in [1.165, 1.54) is 23.4 Å². The third-order valence-electron chi connectivity index (χ3n) is 10.8. The zero-order valence-electron chi connectivity index (χ0n) is 29.0. The zero-order chi connectivity index (χ0) is 34.9. The number of pyridine rings is 1. The Morgan fingerprint density at radius 1 is 1.14 bits per heavy atom. The van der Waals surface area contributed by atoms with Crippen LogP contribution in [0.5, 0.6) is 0 Å². The van der Waals surface area contributed by atoms with E-state index in [1.54, 1.807) is 25.3 Å². The van der Waals surface area contributed by atoms with E-state index in [0.717, 1.165) is 55.5 Å². The Bertz CT molecular complexity index is 1640. The van der Waals surface area contributed by atoms with Crippen LogP contribution in [0.15, 0.2) is 47.5 Å². The molecule has 9 nitrogen and oxygen atoms in total. The number of hydrogen-bond acceptors (Lipinski definition) is 7. The first-order valence-corrected chi connectivity index (χ1v) is 17.6. The highest BCUT2D eigenvalue weighted by atomic mass is 19.4. The van der Waals surface area contributed by atoms with Crippen molar-refractivity contribution in [3.05, 3.63) is 69.9 Å². The van der Waals surface area contributed by atoms with Crippen LogP contribution in [0.2, 0.25) is 0 Å². The van der Waals surface area contributed by atoms with Gasteiger partial charge in [0.2, 0.25) is 0 Å². The van der Waals surface area contributed by atoms with Gasteiger partial charge >= 0.3 is 11.9 Å². The Kier molecular flexibility index (Phi) is 10.9. The molecule has 0 radical (unpaired) electrons. The molecule has 3 aliphatic heterocycles. The summed E-state index contributed by atoms with van der Waals surface area (Å²) in [5.41, 5.74) is 2.17. The molecular weight excluding hydrogens is 640 g/mol. The van der Waals surface area contributed by atoms with Gasteiger partial charge in [0.05, 0.1) is 48.7 Å². The number of fused-ring (bicyclic) bond motifs is 1. The van der Waals surface area contributed by atoms with E-state index in [0.29, 0.717) is 36.1 Å². The van der Waals surface area contributed by atoms with E-state index in [2.05, 4.69) is 29.2 Å². The van der Waals surface area contributed by atoms with Crippen LogP contribution in [0.3, 0.4) is 0 Å². The van der Waals surface area contributed by atoms with Gasteiger partial charge < -0.3 is 9.47 Å². The third kappa shape index (κ3) is 7.07. The molecule has 3 fully saturated rings. The highest BCUT2D eigenvalue weighted by molar-refractivity contribution is 5.58. The summed E-state index contributed by atoms with van der Waals surface area (Å²) in [5, 5.41) is 2.15. The van der Waals surface area contributed by atoms with Crippen LogP contribution in [-0.2, 0) is 27.6 Å². The second-order valence-corrected chi connectivity index (χ2v) is 14.1. The number of methoxy groups -OCH3 is 1. The van der Waals surface area contributed by atoms with Gasteiger partial charge in [0, 0.05) is 38.1 Å². The first kappa shape index (κ1) is 36.0. The van der Waals surface area contributed by atoms with E-state index in [9.17, 15) is 18.0 Å². The molecule has 2 aromatic heterocycles. The number of ether oxygens (including phenoxy) is 2. The third-order valence-corrected chi connectivity index (χ3v) is 10.8. The molecule has 1 aromatic carbocycles. The number of nitrogens with one attached hydrogen (secondary N) is 1. The minimum absolute atomic E-state index is 0.113. The normalized spacial score (nSPS) is 23.3. The number of alkyl halides is 4. The summed E-state index contributed by atoms with van der Waals surface area (Å²) in [5.74, 6) is 0. The molecule has 1 N–H and O–H groups in total. The van der Waals surface area contributed by atoms with Gasteiger partial charge in [-0.1, -0.05) is 45.2 Å². The van der Waals surface area contributed by atoms with E-state index in [-0.39, 0.29) is 31.3 Å². The number of aromatic nitrogens is 2. The number of benzene rings is 1. The number of hydrazine groups is 1. The van der Waals surface area contributed by atoms with Gasteiger partial charge in [-0.05, 0) is 68.6 Å². The molecule has 5 heterocycles. The second kappa shape index (κ2) is 14.8. The van der Waals surface area contributed by atoms with Crippen molar-refractivity contribution in [2.75, 3.05) is 47.2 Å². The highest BCUT2D eigenvalue weighted by Gasteiger charge is 2.54. The maximum Gasteiger partial charge on any atom is 0.418 e. The molecule has 3 aromatic rings. The number of rotatable bonds is 14. The predicted octanol–water partition coefficient (Wildman–Crippen LogP) is 5.72. The van der Waals surface area contributed by atoms with Crippen LogP contribution in [0, 0.1) is 0 Å². The monoisotopic (exact) mass is 690 g/mol. The van der Waals surface area contributed by atoms with E-state index < -0.39 is 35.2 Å². The van der Waals surface area contributed by atoms with Gasteiger partial charge in [-0.3, -0.25) is 18.8 Å². The molecule has 3 saturated heterocycles. The quantitative estimate of drug-likeness (QED) is 0.172. The standard InChI is InChI=1S/C36H50F4N6O3/c1-5-7-8-12-27(6-2)46-24-42(3)33(41-46)32(37)35(22-49-23-35)26-11-9-13-28(17-26)44-20-31-30(36(38,39)40)16-25(19-45(31)34(44)47)18-43-15-10-14-29(43)21-48-4/h9,11,13,16-17,19-20,27,29,32-33,41H,5-8,10,12,14-15,18,21-24H2,1-4H3/t27?,29-,32-,33?/m1/s1. The molecule has 6 rings (SSSR count). The van der Waals surface area contributed by atoms with Crippen molar-refractivity contribution in [2.45, 2.75) is 101 Å². The molecule has 0 bridgehead atoms. The van der Waals surface area contributed by atoms with Crippen LogP contribution in [0.25, 0.3) is 11.2 Å². The summed E-state index contributed by atoms with van der Waals surface area (Å²) in [4.78, 5) is 17.9. The smallest absolute Gasteiger partial charge is 0.383 e. The molecule has 4 atom stereocenters. The topological polar surface area (TPSA) is 66.6 Å². The molecule has 270 valence electrons. The van der Waals surface area contributed by atoms with Gasteiger partial charge in [0.25, 0.3) is 0 Å². The van der Waals surface area contributed by atoms with Crippen molar-refractivity contribution in [3.8, 4) is 5.69 Å².